The maximum absolute atomic E-state index is 12.0. The second-order valence-electron chi connectivity index (χ2n) is 4.37. The van der Waals surface area contributed by atoms with Crippen molar-refractivity contribution in [2.75, 3.05) is 0 Å². The molecule has 0 aliphatic carbocycles. The minimum absolute atomic E-state index is 0.134. The first-order valence-corrected chi connectivity index (χ1v) is 6.11. The van der Waals surface area contributed by atoms with Crippen LogP contribution in [0.5, 0.6) is 5.75 Å². The number of hydrogen-bond donors (Lipinski definition) is 0. The molecule has 112 valence electrons. The van der Waals surface area contributed by atoms with Crippen molar-refractivity contribution in [3.8, 4) is 5.75 Å². The van der Waals surface area contributed by atoms with Crippen LogP contribution in [-0.2, 0) is 0 Å². The van der Waals surface area contributed by atoms with E-state index in [4.69, 9.17) is 4.74 Å². The van der Waals surface area contributed by atoms with Crippen LogP contribution in [0.3, 0.4) is 0 Å². The molecule has 2 aromatic rings. The zero-order valence-electron chi connectivity index (χ0n) is 11.4. The van der Waals surface area contributed by atoms with Gasteiger partial charge in [-0.05, 0) is 24.6 Å². The molecular weight excluding hydrogens is 292 g/mol. The van der Waals surface area contributed by atoms with Crippen molar-refractivity contribution in [1.29, 1.82) is 0 Å². The number of carbonyl (C=O) groups excluding carboxylic acids is 1. The van der Waals surface area contributed by atoms with Gasteiger partial charge >= 0.3 is 17.3 Å². The molecule has 0 aromatic heterocycles. The van der Waals surface area contributed by atoms with Crippen LogP contribution in [0.4, 0.5) is 11.4 Å². The lowest BCUT2D eigenvalue weighted by molar-refractivity contribution is -0.422. The summed E-state index contributed by atoms with van der Waals surface area (Å²) in [6.45, 7) is 1.72. The normalized spacial score (nSPS) is 10.0. The fourth-order valence-electron chi connectivity index (χ4n) is 1.83. The monoisotopic (exact) mass is 302 g/mol. The van der Waals surface area contributed by atoms with E-state index in [1.807, 2.05) is 0 Å². The van der Waals surface area contributed by atoms with Gasteiger partial charge in [0.1, 0.15) is 5.75 Å². The van der Waals surface area contributed by atoms with Crippen molar-refractivity contribution in [1.82, 2.24) is 0 Å². The summed E-state index contributed by atoms with van der Waals surface area (Å²) in [5.74, 6) is -0.827. The number of rotatable bonds is 4. The van der Waals surface area contributed by atoms with Gasteiger partial charge in [0.05, 0.1) is 21.5 Å². The van der Waals surface area contributed by atoms with Crippen LogP contribution < -0.4 is 4.74 Å². The van der Waals surface area contributed by atoms with E-state index in [1.165, 1.54) is 0 Å². The lowest BCUT2D eigenvalue weighted by Gasteiger charge is -2.06. The second-order valence-corrected chi connectivity index (χ2v) is 4.37. The van der Waals surface area contributed by atoms with E-state index in [0.29, 0.717) is 11.1 Å². The highest BCUT2D eigenvalue weighted by Crippen LogP contribution is 2.31. The standard InChI is InChI=1S/C14H10N2O6/c1-9-4-2-3-5-11(9)14(17)22-10-6-7-12(15(18)19)13(8-10)16(20)21/h2-8H,1H3. The van der Waals surface area contributed by atoms with Gasteiger partial charge in [-0.2, -0.15) is 0 Å². The highest BCUT2D eigenvalue weighted by molar-refractivity contribution is 5.92. The van der Waals surface area contributed by atoms with Crippen LogP contribution in [0.15, 0.2) is 42.5 Å². The Hall–Kier alpha value is -3.29. The third-order valence-corrected chi connectivity index (χ3v) is 2.92. The molecule has 0 bridgehead atoms. The summed E-state index contributed by atoms with van der Waals surface area (Å²) in [6, 6.07) is 9.60. The summed E-state index contributed by atoms with van der Waals surface area (Å²) in [6.07, 6.45) is 0. The van der Waals surface area contributed by atoms with Gasteiger partial charge in [0, 0.05) is 6.07 Å². The minimum atomic E-state index is -0.900. The van der Waals surface area contributed by atoms with Crippen LogP contribution >= 0.6 is 0 Å². The van der Waals surface area contributed by atoms with Crippen LogP contribution in [0.25, 0.3) is 0 Å². The van der Waals surface area contributed by atoms with Crippen LogP contribution in [0.2, 0.25) is 0 Å². The van der Waals surface area contributed by atoms with Crippen molar-refractivity contribution in [2.45, 2.75) is 6.92 Å². The third kappa shape index (κ3) is 3.06. The molecule has 8 nitrogen and oxygen atoms in total. The Bertz CT molecular complexity index is 772. The Labute approximate surface area is 124 Å². The fraction of sp³-hybridized carbons (Fsp3) is 0.0714. The molecule has 0 spiro atoms. The van der Waals surface area contributed by atoms with Gasteiger partial charge in [-0.3, -0.25) is 20.2 Å². The van der Waals surface area contributed by atoms with Crippen molar-refractivity contribution in [2.24, 2.45) is 0 Å². The Kier molecular flexibility index (Phi) is 4.12. The number of nitrogens with zero attached hydrogens (tertiary/aromatic N) is 2. The van der Waals surface area contributed by atoms with E-state index in [-0.39, 0.29) is 5.75 Å². The van der Waals surface area contributed by atoms with Crippen molar-refractivity contribution < 1.29 is 19.4 Å². The fourth-order valence-corrected chi connectivity index (χ4v) is 1.83. The van der Waals surface area contributed by atoms with Gasteiger partial charge < -0.3 is 4.74 Å². The van der Waals surface area contributed by atoms with Gasteiger partial charge in [0.25, 0.3) is 0 Å². The van der Waals surface area contributed by atoms with Gasteiger partial charge in [-0.1, -0.05) is 18.2 Å². The predicted molar refractivity (Wildman–Crippen MR) is 75.9 cm³/mol. The highest BCUT2D eigenvalue weighted by Gasteiger charge is 2.25. The molecule has 0 saturated carbocycles. The molecule has 0 radical (unpaired) electrons. The largest absolute Gasteiger partial charge is 0.423 e. The van der Waals surface area contributed by atoms with Gasteiger partial charge in [0.2, 0.25) is 0 Å². The average Bonchev–Trinajstić information content (AvgIpc) is 2.47. The molecule has 2 aromatic carbocycles. The first-order chi connectivity index (χ1) is 10.4. The topological polar surface area (TPSA) is 113 Å². The van der Waals surface area contributed by atoms with Crippen LogP contribution in [0, 0.1) is 27.2 Å². The van der Waals surface area contributed by atoms with Gasteiger partial charge in [0.15, 0.2) is 0 Å². The predicted octanol–water partition coefficient (Wildman–Crippen LogP) is 3.03. The zero-order valence-corrected chi connectivity index (χ0v) is 11.4. The van der Waals surface area contributed by atoms with Crippen molar-refractivity contribution in [3.63, 3.8) is 0 Å². The molecule has 0 N–H and O–H groups in total. The summed E-state index contributed by atoms with van der Waals surface area (Å²) in [5, 5.41) is 21.6. The lowest BCUT2D eigenvalue weighted by Crippen LogP contribution is -2.10. The summed E-state index contributed by atoms with van der Waals surface area (Å²) in [7, 11) is 0. The molecule has 0 aliphatic heterocycles. The molecule has 0 unspecified atom stereocenters. The summed E-state index contributed by atoms with van der Waals surface area (Å²) < 4.78 is 5.04. The lowest BCUT2D eigenvalue weighted by atomic mass is 10.1. The van der Waals surface area contributed by atoms with E-state index >= 15 is 0 Å². The first kappa shape index (κ1) is 15.1. The van der Waals surface area contributed by atoms with Crippen molar-refractivity contribution >= 4 is 17.3 Å². The number of hydrogen-bond acceptors (Lipinski definition) is 6. The van der Waals surface area contributed by atoms with E-state index in [1.54, 1.807) is 31.2 Å². The molecule has 0 amide bonds. The molecule has 22 heavy (non-hydrogen) atoms. The summed E-state index contributed by atoms with van der Waals surface area (Å²) >= 11 is 0. The Balaban J connectivity index is 2.33. The molecule has 0 fully saturated rings. The Morgan fingerprint density at radius 2 is 1.64 bits per heavy atom. The number of ether oxygens (including phenoxy) is 1. The molecular formula is C14H10N2O6. The second kappa shape index (κ2) is 6.00. The number of esters is 1. The summed E-state index contributed by atoms with van der Waals surface area (Å²) in [4.78, 5) is 31.8. The molecule has 8 heteroatoms. The zero-order chi connectivity index (χ0) is 16.3. The van der Waals surface area contributed by atoms with Crippen molar-refractivity contribution in [3.05, 3.63) is 73.8 Å². The summed E-state index contributed by atoms with van der Waals surface area (Å²) in [5.41, 5.74) is -0.409. The molecule has 0 saturated heterocycles. The smallest absolute Gasteiger partial charge is 0.349 e. The quantitative estimate of drug-likeness (QED) is 0.371. The highest BCUT2D eigenvalue weighted by atomic mass is 16.6. The Morgan fingerprint density at radius 3 is 2.23 bits per heavy atom. The average molecular weight is 302 g/mol. The number of benzene rings is 2. The Morgan fingerprint density at radius 1 is 1.00 bits per heavy atom. The maximum atomic E-state index is 12.0. The van der Waals surface area contributed by atoms with E-state index in [2.05, 4.69) is 0 Å². The van der Waals surface area contributed by atoms with Gasteiger partial charge in [-0.25, -0.2) is 4.79 Å². The molecule has 2 rings (SSSR count). The van der Waals surface area contributed by atoms with E-state index < -0.39 is 27.2 Å². The minimum Gasteiger partial charge on any atom is -0.423 e. The SMILES string of the molecule is Cc1ccccc1C(=O)Oc1ccc([N+](=O)[O-])c([N+](=O)[O-])c1. The van der Waals surface area contributed by atoms with E-state index in [9.17, 15) is 25.0 Å². The van der Waals surface area contributed by atoms with Gasteiger partial charge in [-0.15, -0.1) is 0 Å². The maximum Gasteiger partial charge on any atom is 0.349 e. The van der Waals surface area contributed by atoms with E-state index in [0.717, 1.165) is 18.2 Å². The first-order valence-electron chi connectivity index (χ1n) is 6.11. The number of nitro groups is 2. The molecule has 0 heterocycles. The number of nitro benzene ring substituents is 2. The molecule has 0 atom stereocenters. The number of aryl methyl sites for hydroxylation is 1. The van der Waals surface area contributed by atoms with Crippen LogP contribution in [-0.4, -0.2) is 15.8 Å². The molecule has 0 aliphatic rings. The number of carbonyl (C=O) groups is 1. The third-order valence-electron chi connectivity index (χ3n) is 2.92. The van der Waals surface area contributed by atoms with Crippen LogP contribution in [0.1, 0.15) is 15.9 Å².